The topological polar surface area (TPSA) is 63.7 Å². The molecule has 0 aliphatic carbocycles. The minimum absolute atomic E-state index is 0.112. The van der Waals surface area contributed by atoms with Gasteiger partial charge in [0.05, 0.1) is 12.6 Å². The first-order valence-electron chi connectivity index (χ1n) is 8.51. The Hall–Kier alpha value is -2.76. The Morgan fingerprint density at radius 2 is 2.12 bits per heavy atom. The van der Waals surface area contributed by atoms with E-state index in [4.69, 9.17) is 9.47 Å². The van der Waals surface area contributed by atoms with Gasteiger partial charge in [-0.1, -0.05) is 18.2 Å². The molecule has 2 aromatic rings. The Morgan fingerprint density at radius 1 is 1.32 bits per heavy atom. The Balaban J connectivity index is 1.58. The maximum atomic E-state index is 12.6. The number of urea groups is 1. The summed E-state index contributed by atoms with van der Waals surface area (Å²) in [5, 5.41) is 3.01. The van der Waals surface area contributed by atoms with Gasteiger partial charge in [0.15, 0.2) is 17.6 Å². The summed E-state index contributed by atoms with van der Waals surface area (Å²) in [5.41, 5.74) is 0.970. The van der Waals surface area contributed by atoms with Crippen LogP contribution in [0.3, 0.4) is 0 Å². The van der Waals surface area contributed by atoms with Crippen LogP contribution >= 0.6 is 0 Å². The fourth-order valence-electron chi connectivity index (χ4n) is 2.75. The van der Waals surface area contributed by atoms with Crippen molar-refractivity contribution in [3.8, 4) is 11.5 Å². The van der Waals surface area contributed by atoms with Crippen molar-refractivity contribution in [3.05, 3.63) is 54.4 Å². The standard InChI is InChI=1S/C19H23N3O3/c1-3-22(19(23)21-14(2)15-7-6-10-20-11-15)12-16-13-24-17-8-4-5-9-18(17)25-16/h4-11,14,16H,3,12-13H2,1-2H3,(H,21,23)/t14-,16+/m0/s1. The van der Waals surface area contributed by atoms with Crippen molar-refractivity contribution in [1.29, 1.82) is 0 Å². The number of nitrogens with zero attached hydrogens (tertiary/aromatic N) is 2. The summed E-state index contributed by atoms with van der Waals surface area (Å²) >= 11 is 0. The number of nitrogens with one attached hydrogen (secondary N) is 1. The first kappa shape index (κ1) is 17.1. The lowest BCUT2D eigenvalue weighted by Gasteiger charge is -2.31. The number of benzene rings is 1. The molecule has 2 amide bonds. The highest BCUT2D eigenvalue weighted by molar-refractivity contribution is 5.74. The maximum absolute atomic E-state index is 12.6. The second-order valence-corrected chi connectivity index (χ2v) is 5.99. The van der Waals surface area contributed by atoms with Gasteiger partial charge in [0, 0.05) is 18.9 Å². The number of fused-ring (bicyclic) bond motifs is 1. The zero-order valence-corrected chi connectivity index (χ0v) is 14.5. The van der Waals surface area contributed by atoms with E-state index in [1.54, 1.807) is 17.3 Å². The van der Waals surface area contributed by atoms with Crippen LogP contribution in [0.25, 0.3) is 0 Å². The second-order valence-electron chi connectivity index (χ2n) is 5.99. The molecule has 2 heterocycles. The van der Waals surface area contributed by atoms with Crippen LogP contribution in [0, 0.1) is 0 Å². The van der Waals surface area contributed by atoms with Gasteiger partial charge in [-0.2, -0.15) is 0 Å². The van der Waals surface area contributed by atoms with E-state index >= 15 is 0 Å². The fraction of sp³-hybridized carbons (Fsp3) is 0.368. The van der Waals surface area contributed by atoms with Gasteiger partial charge >= 0.3 is 6.03 Å². The van der Waals surface area contributed by atoms with Crippen molar-refractivity contribution in [2.24, 2.45) is 0 Å². The van der Waals surface area contributed by atoms with Gasteiger partial charge in [0.2, 0.25) is 0 Å². The van der Waals surface area contributed by atoms with Gasteiger partial charge in [-0.25, -0.2) is 4.79 Å². The van der Waals surface area contributed by atoms with E-state index in [1.807, 2.05) is 50.2 Å². The van der Waals surface area contributed by atoms with Crippen LogP contribution in [-0.4, -0.2) is 41.7 Å². The Labute approximate surface area is 147 Å². The monoisotopic (exact) mass is 341 g/mol. The third-order valence-corrected chi connectivity index (χ3v) is 4.18. The summed E-state index contributed by atoms with van der Waals surface area (Å²) in [6.45, 7) is 5.38. The third kappa shape index (κ3) is 4.21. The number of rotatable bonds is 5. The van der Waals surface area contributed by atoms with Gasteiger partial charge in [0.25, 0.3) is 0 Å². The molecule has 3 rings (SSSR count). The van der Waals surface area contributed by atoms with E-state index in [2.05, 4.69) is 10.3 Å². The molecule has 132 valence electrons. The number of likely N-dealkylation sites (N-methyl/N-ethyl adjacent to an activating group) is 1. The molecule has 0 spiro atoms. The smallest absolute Gasteiger partial charge is 0.317 e. The van der Waals surface area contributed by atoms with Crippen LogP contribution in [0.5, 0.6) is 11.5 Å². The molecule has 0 unspecified atom stereocenters. The SMILES string of the molecule is CCN(C[C@@H]1COc2ccccc2O1)C(=O)N[C@@H](C)c1cccnc1. The van der Waals surface area contributed by atoms with Crippen LogP contribution in [0.4, 0.5) is 4.79 Å². The van der Waals surface area contributed by atoms with Crippen molar-refractivity contribution >= 4 is 6.03 Å². The molecular formula is C19H23N3O3. The molecule has 1 N–H and O–H groups in total. The molecule has 0 fully saturated rings. The normalized spacial score (nSPS) is 16.8. The Kier molecular flexibility index (Phi) is 5.38. The van der Waals surface area contributed by atoms with Gasteiger partial charge < -0.3 is 19.7 Å². The summed E-state index contributed by atoms with van der Waals surface area (Å²) in [5.74, 6) is 1.47. The number of para-hydroxylation sites is 2. The minimum atomic E-state index is -0.186. The van der Waals surface area contributed by atoms with E-state index in [1.165, 1.54) is 0 Å². The molecule has 25 heavy (non-hydrogen) atoms. The van der Waals surface area contributed by atoms with Gasteiger partial charge in [-0.15, -0.1) is 0 Å². The Morgan fingerprint density at radius 3 is 2.84 bits per heavy atom. The second kappa shape index (κ2) is 7.88. The fourth-order valence-corrected chi connectivity index (χ4v) is 2.75. The molecule has 6 nitrogen and oxygen atoms in total. The van der Waals surface area contributed by atoms with Gasteiger partial charge in [0.1, 0.15) is 6.61 Å². The summed E-state index contributed by atoms with van der Waals surface area (Å²) in [6.07, 6.45) is 3.29. The van der Waals surface area contributed by atoms with E-state index in [9.17, 15) is 4.79 Å². The number of hydrogen-bond acceptors (Lipinski definition) is 4. The number of amides is 2. The Bertz CT molecular complexity index is 708. The van der Waals surface area contributed by atoms with Crippen LogP contribution < -0.4 is 14.8 Å². The van der Waals surface area contributed by atoms with E-state index in [0.29, 0.717) is 19.7 Å². The summed E-state index contributed by atoms with van der Waals surface area (Å²) in [7, 11) is 0. The van der Waals surface area contributed by atoms with Crippen molar-refractivity contribution in [2.45, 2.75) is 26.0 Å². The van der Waals surface area contributed by atoms with Crippen molar-refractivity contribution in [2.75, 3.05) is 19.7 Å². The molecule has 0 saturated heterocycles. The van der Waals surface area contributed by atoms with Crippen LogP contribution in [0.2, 0.25) is 0 Å². The van der Waals surface area contributed by atoms with E-state index in [-0.39, 0.29) is 18.2 Å². The summed E-state index contributed by atoms with van der Waals surface area (Å²) < 4.78 is 11.7. The van der Waals surface area contributed by atoms with E-state index < -0.39 is 0 Å². The lowest BCUT2D eigenvalue weighted by Crippen LogP contribution is -2.47. The largest absolute Gasteiger partial charge is 0.486 e. The quantitative estimate of drug-likeness (QED) is 0.908. The van der Waals surface area contributed by atoms with Gasteiger partial charge in [-0.3, -0.25) is 4.98 Å². The number of carbonyl (C=O) groups is 1. The lowest BCUT2D eigenvalue weighted by molar-refractivity contribution is 0.0672. The lowest BCUT2D eigenvalue weighted by atomic mass is 10.1. The maximum Gasteiger partial charge on any atom is 0.317 e. The highest BCUT2D eigenvalue weighted by Crippen LogP contribution is 2.31. The highest BCUT2D eigenvalue weighted by atomic mass is 16.6. The molecule has 1 aromatic heterocycles. The predicted octanol–water partition coefficient (Wildman–Crippen LogP) is 3.01. The van der Waals surface area contributed by atoms with E-state index in [0.717, 1.165) is 17.1 Å². The number of hydrogen-bond donors (Lipinski definition) is 1. The molecule has 0 radical (unpaired) electrons. The molecule has 1 aliphatic heterocycles. The molecule has 2 atom stereocenters. The van der Waals surface area contributed by atoms with Crippen molar-refractivity contribution < 1.29 is 14.3 Å². The molecular weight excluding hydrogens is 318 g/mol. The van der Waals surface area contributed by atoms with Crippen molar-refractivity contribution in [1.82, 2.24) is 15.2 Å². The van der Waals surface area contributed by atoms with Crippen molar-refractivity contribution in [3.63, 3.8) is 0 Å². The third-order valence-electron chi connectivity index (χ3n) is 4.18. The predicted molar refractivity (Wildman–Crippen MR) is 94.8 cm³/mol. The summed E-state index contributed by atoms with van der Waals surface area (Å²) in [6, 6.07) is 11.1. The number of pyridine rings is 1. The first-order valence-corrected chi connectivity index (χ1v) is 8.51. The number of aromatic nitrogens is 1. The molecule has 0 bridgehead atoms. The van der Waals surface area contributed by atoms with Crippen LogP contribution in [0.1, 0.15) is 25.5 Å². The minimum Gasteiger partial charge on any atom is -0.486 e. The zero-order chi connectivity index (χ0) is 17.6. The number of ether oxygens (including phenoxy) is 2. The zero-order valence-electron chi connectivity index (χ0n) is 14.5. The summed E-state index contributed by atoms with van der Waals surface area (Å²) in [4.78, 5) is 18.4. The molecule has 1 aromatic carbocycles. The molecule has 0 saturated carbocycles. The molecule has 1 aliphatic rings. The van der Waals surface area contributed by atoms with Gasteiger partial charge in [-0.05, 0) is 37.6 Å². The first-order chi connectivity index (χ1) is 12.2. The number of carbonyl (C=O) groups excluding carboxylic acids is 1. The highest BCUT2D eigenvalue weighted by Gasteiger charge is 2.25. The molecule has 6 heteroatoms. The average Bonchev–Trinajstić information content (AvgIpc) is 2.66. The van der Waals surface area contributed by atoms with Crippen LogP contribution in [-0.2, 0) is 0 Å². The van der Waals surface area contributed by atoms with Crippen LogP contribution in [0.15, 0.2) is 48.8 Å². The average molecular weight is 341 g/mol.